The molecule has 94 valence electrons. The minimum atomic E-state index is -0.767. The van der Waals surface area contributed by atoms with Crippen molar-refractivity contribution in [1.29, 1.82) is 0 Å². The molecule has 0 saturated carbocycles. The van der Waals surface area contributed by atoms with Crippen LogP contribution in [0.25, 0.3) is 5.69 Å². The highest BCUT2D eigenvalue weighted by atomic mass is 19.1. The fourth-order valence-corrected chi connectivity index (χ4v) is 1.58. The van der Waals surface area contributed by atoms with Gasteiger partial charge in [0.25, 0.3) is 0 Å². The minimum Gasteiger partial charge on any atom is -0.465 e. The number of tetrazole rings is 1. The number of halogens is 1. The number of rotatable bonds is 2. The van der Waals surface area contributed by atoms with E-state index < -0.39 is 17.5 Å². The summed E-state index contributed by atoms with van der Waals surface area (Å²) in [7, 11) is 1.17. The summed E-state index contributed by atoms with van der Waals surface area (Å²) in [6.45, 7) is 1.60. The molecular formula is C10H9FN4O3. The fourth-order valence-electron chi connectivity index (χ4n) is 1.58. The Morgan fingerprint density at radius 1 is 1.50 bits per heavy atom. The van der Waals surface area contributed by atoms with Crippen molar-refractivity contribution >= 4 is 5.97 Å². The van der Waals surface area contributed by atoms with Crippen LogP contribution >= 0.6 is 0 Å². The molecule has 0 fully saturated rings. The van der Waals surface area contributed by atoms with E-state index in [9.17, 15) is 14.0 Å². The highest BCUT2D eigenvalue weighted by Crippen LogP contribution is 2.21. The maximum absolute atomic E-state index is 13.8. The van der Waals surface area contributed by atoms with Crippen molar-refractivity contribution in [1.82, 2.24) is 20.2 Å². The predicted molar refractivity (Wildman–Crippen MR) is 58.0 cm³/mol. The molecule has 0 unspecified atom stereocenters. The zero-order valence-corrected chi connectivity index (χ0v) is 9.60. The van der Waals surface area contributed by atoms with Crippen LogP contribution in [0.2, 0.25) is 0 Å². The van der Waals surface area contributed by atoms with Crippen molar-refractivity contribution in [3.63, 3.8) is 0 Å². The smallest absolute Gasteiger partial charge is 0.365 e. The second-order valence-electron chi connectivity index (χ2n) is 3.50. The Labute approximate surface area is 100 Å². The second-order valence-corrected chi connectivity index (χ2v) is 3.50. The maximum Gasteiger partial charge on any atom is 0.365 e. The molecule has 1 heterocycles. The lowest BCUT2D eigenvalue weighted by molar-refractivity contribution is 0.0599. The maximum atomic E-state index is 13.8. The van der Waals surface area contributed by atoms with Crippen LogP contribution in [-0.4, -0.2) is 33.3 Å². The molecule has 0 radical (unpaired) electrons. The number of methoxy groups -OCH3 is 1. The molecule has 0 amide bonds. The molecule has 7 nitrogen and oxygen atoms in total. The molecule has 0 aliphatic carbocycles. The number of hydrogen-bond donors (Lipinski definition) is 1. The van der Waals surface area contributed by atoms with Crippen LogP contribution in [0, 0.1) is 12.7 Å². The molecule has 0 bridgehead atoms. The van der Waals surface area contributed by atoms with Crippen LogP contribution in [0.15, 0.2) is 16.9 Å². The number of aromatic amines is 1. The number of carbonyl (C=O) groups is 1. The topological polar surface area (TPSA) is 89.9 Å². The van der Waals surface area contributed by atoms with Gasteiger partial charge in [0.2, 0.25) is 0 Å². The summed E-state index contributed by atoms with van der Waals surface area (Å²) < 4.78 is 19.1. The number of ether oxygens (including phenoxy) is 1. The van der Waals surface area contributed by atoms with E-state index in [1.54, 1.807) is 6.92 Å². The van der Waals surface area contributed by atoms with E-state index in [-0.39, 0.29) is 11.3 Å². The van der Waals surface area contributed by atoms with Gasteiger partial charge < -0.3 is 4.74 Å². The molecule has 0 spiro atoms. The Bertz CT molecular complexity index is 661. The van der Waals surface area contributed by atoms with E-state index in [0.29, 0.717) is 10.2 Å². The van der Waals surface area contributed by atoms with Gasteiger partial charge in [-0.1, -0.05) is 6.07 Å². The van der Waals surface area contributed by atoms with Gasteiger partial charge >= 0.3 is 11.7 Å². The third kappa shape index (κ3) is 1.77. The van der Waals surface area contributed by atoms with Gasteiger partial charge in [-0.15, -0.1) is 0 Å². The molecular weight excluding hydrogens is 243 g/mol. The summed E-state index contributed by atoms with van der Waals surface area (Å²) in [5.74, 6) is -1.52. The van der Waals surface area contributed by atoms with Gasteiger partial charge in [0.05, 0.1) is 12.7 Å². The van der Waals surface area contributed by atoms with Crippen LogP contribution in [0.4, 0.5) is 4.39 Å². The summed E-state index contributed by atoms with van der Waals surface area (Å²) in [6.07, 6.45) is 0. The van der Waals surface area contributed by atoms with Crippen molar-refractivity contribution in [2.75, 3.05) is 7.11 Å². The number of carbonyl (C=O) groups excluding carboxylic acids is 1. The number of aromatic nitrogens is 4. The first-order valence-electron chi connectivity index (χ1n) is 4.94. The Hall–Kier alpha value is -2.51. The van der Waals surface area contributed by atoms with Gasteiger partial charge in [0, 0.05) is 0 Å². The normalized spacial score (nSPS) is 10.4. The van der Waals surface area contributed by atoms with Gasteiger partial charge in [-0.3, -0.25) is 0 Å². The molecule has 2 rings (SSSR count). The quantitative estimate of drug-likeness (QED) is 0.770. The van der Waals surface area contributed by atoms with Crippen molar-refractivity contribution in [3.05, 3.63) is 39.6 Å². The lowest BCUT2D eigenvalue weighted by Gasteiger charge is -2.10. The Morgan fingerprint density at radius 2 is 2.22 bits per heavy atom. The average Bonchev–Trinajstić information content (AvgIpc) is 2.77. The highest BCUT2D eigenvalue weighted by molar-refractivity contribution is 5.95. The predicted octanol–water partition coefficient (Wildman–Crippen LogP) is 0.190. The van der Waals surface area contributed by atoms with Crippen molar-refractivity contribution in [3.8, 4) is 5.69 Å². The lowest BCUT2D eigenvalue weighted by atomic mass is 10.1. The van der Waals surface area contributed by atoms with Gasteiger partial charge in [-0.05, 0) is 29.0 Å². The van der Waals surface area contributed by atoms with Crippen LogP contribution in [0.3, 0.4) is 0 Å². The third-order valence-electron chi connectivity index (χ3n) is 2.41. The first-order valence-corrected chi connectivity index (χ1v) is 4.94. The monoisotopic (exact) mass is 252 g/mol. The van der Waals surface area contributed by atoms with Crippen molar-refractivity contribution < 1.29 is 13.9 Å². The molecule has 8 heteroatoms. The van der Waals surface area contributed by atoms with Gasteiger partial charge in [-0.25, -0.2) is 19.1 Å². The van der Waals surface area contributed by atoms with E-state index in [2.05, 4.69) is 15.2 Å². The number of H-pyrrole nitrogens is 1. The zero-order valence-electron chi connectivity index (χ0n) is 9.60. The number of aryl methyl sites for hydroxylation is 1. The van der Waals surface area contributed by atoms with Crippen molar-refractivity contribution in [2.24, 2.45) is 0 Å². The molecule has 2 aromatic rings. The first kappa shape index (κ1) is 12.0. The first-order chi connectivity index (χ1) is 8.56. The average molecular weight is 252 g/mol. The lowest BCUT2D eigenvalue weighted by Crippen LogP contribution is -2.21. The minimum absolute atomic E-state index is 0.0616. The van der Waals surface area contributed by atoms with Crippen LogP contribution in [0.1, 0.15) is 15.9 Å². The van der Waals surface area contributed by atoms with E-state index in [4.69, 9.17) is 0 Å². The number of benzene rings is 1. The van der Waals surface area contributed by atoms with E-state index in [1.165, 1.54) is 13.2 Å². The highest BCUT2D eigenvalue weighted by Gasteiger charge is 2.22. The zero-order chi connectivity index (χ0) is 13.3. The summed E-state index contributed by atoms with van der Waals surface area (Å²) in [5.41, 5.74) is -0.619. The van der Waals surface area contributed by atoms with Gasteiger partial charge in [0.15, 0.2) is 0 Å². The summed E-state index contributed by atoms with van der Waals surface area (Å²) in [4.78, 5) is 23.1. The van der Waals surface area contributed by atoms with Crippen LogP contribution in [-0.2, 0) is 4.74 Å². The van der Waals surface area contributed by atoms with Crippen LogP contribution < -0.4 is 5.69 Å². The Balaban J connectivity index is 2.81. The molecule has 1 aromatic carbocycles. The number of nitrogens with one attached hydrogen (secondary N) is 1. The third-order valence-corrected chi connectivity index (χ3v) is 2.41. The molecule has 0 atom stereocenters. The molecule has 1 N–H and O–H groups in total. The summed E-state index contributed by atoms with van der Waals surface area (Å²) >= 11 is 0. The second kappa shape index (κ2) is 4.40. The fraction of sp³-hybridized carbons (Fsp3) is 0.200. The molecule has 18 heavy (non-hydrogen) atoms. The van der Waals surface area contributed by atoms with E-state index in [1.807, 2.05) is 5.10 Å². The number of hydrogen-bond acceptors (Lipinski definition) is 5. The summed E-state index contributed by atoms with van der Waals surface area (Å²) in [6, 6.07) is 2.55. The molecule has 1 aromatic heterocycles. The SMILES string of the molecule is COC(=O)c1c(C)ccc(F)c1-n1nn[nH]c1=O. The van der Waals surface area contributed by atoms with Gasteiger partial charge in [0.1, 0.15) is 11.5 Å². The summed E-state index contributed by atoms with van der Waals surface area (Å²) in [5, 5.41) is 8.69. The van der Waals surface area contributed by atoms with E-state index in [0.717, 1.165) is 6.07 Å². The number of esters is 1. The molecule has 0 aliphatic heterocycles. The molecule has 0 saturated heterocycles. The standard InChI is InChI=1S/C10H9FN4O3/c1-5-3-4-6(11)8(7(5)9(16)18-2)15-10(17)12-13-14-15/h3-4H,1-2H3,(H,12,14,17). The van der Waals surface area contributed by atoms with Crippen molar-refractivity contribution in [2.45, 2.75) is 6.92 Å². The molecule has 0 aliphatic rings. The number of nitrogens with zero attached hydrogens (tertiary/aromatic N) is 3. The largest absolute Gasteiger partial charge is 0.465 e. The van der Waals surface area contributed by atoms with E-state index >= 15 is 0 Å². The van der Waals surface area contributed by atoms with Gasteiger partial charge in [-0.2, -0.15) is 4.68 Å². The Kier molecular flexibility index (Phi) is 2.92. The van der Waals surface area contributed by atoms with Crippen LogP contribution in [0.5, 0.6) is 0 Å². The Morgan fingerprint density at radius 3 is 2.78 bits per heavy atom.